The van der Waals surface area contributed by atoms with E-state index in [4.69, 9.17) is 23.2 Å². The van der Waals surface area contributed by atoms with Crippen LogP contribution in [-0.2, 0) is 0 Å². The molecule has 1 atom stereocenters. The van der Waals surface area contributed by atoms with Crippen LogP contribution in [0.1, 0.15) is 6.42 Å². The molecule has 12 heavy (non-hydrogen) atoms. The van der Waals surface area contributed by atoms with Crippen LogP contribution >= 0.6 is 23.2 Å². The van der Waals surface area contributed by atoms with Gasteiger partial charge in [0.25, 0.3) is 0 Å². The number of aliphatic imine (C=N–C) groups is 1. The van der Waals surface area contributed by atoms with Gasteiger partial charge in [0.2, 0.25) is 0 Å². The van der Waals surface area contributed by atoms with Crippen molar-refractivity contribution in [1.29, 1.82) is 0 Å². The molecular weight excluding hydrogens is 214 g/mol. The standard InChI is InChI=1S/C6H4Cl2F3N/c7-4-1-2-5(8,3-12-4)6(9,10)11/h1,3H,2H2. The van der Waals surface area contributed by atoms with Crippen LogP contribution in [0.4, 0.5) is 13.2 Å². The third-order valence-electron chi connectivity index (χ3n) is 1.43. The summed E-state index contributed by atoms with van der Waals surface area (Å²) in [5.74, 6) is 0. The molecule has 1 rings (SSSR count). The van der Waals surface area contributed by atoms with Crippen molar-refractivity contribution in [3.63, 3.8) is 0 Å². The highest BCUT2D eigenvalue weighted by atomic mass is 35.5. The summed E-state index contributed by atoms with van der Waals surface area (Å²) in [7, 11) is 0. The topological polar surface area (TPSA) is 12.4 Å². The van der Waals surface area contributed by atoms with Crippen LogP contribution in [0, 0.1) is 0 Å². The highest BCUT2D eigenvalue weighted by molar-refractivity contribution is 6.35. The van der Waals surface area contributed by atoms with Crippen LogP contribution in [-0.4, -0.2) is 17.3 Å². The molecule has 0 aromatic rings. The maximum Gasteiger partial charge on any atom is 0.412 e. The van der Waals surface area contributed by atoms with E-state index in [2.05, 4.69) is 4.99 Å². The molecule has 1 unspecified atom stereocenters. The van der Waals surface area contributed by atoms with Gasteiger partial charge in [-0.25, -0.2) is 4.99 Å². The van der Waals surface area contributed by atoms with Crippen LogP contribution in [0.15, 0.2) is 16.2 Å². The van der Waals surface area contributed by atoms with Gasteiger partial charge in [-0.15, -0.1) is 11.6 Å². The number of alkyl halides is 4. The molecule has 1 aliphatic heterocycles. The van der Waals surface area contributed by atoms with E-state index >= 15 is 0 Å². The molecule has 0 saturated carbocycles. The smallest absolute Gasteiger partial charge is 0.247 e. The predicted octanol–water partition coefficient (Wildman–Crippen LogP) is 3.08. The molecule has 6 heteroatoms. The molecule has 0 bridgehead atoms. The molecule has 0 saturated heterocycles. The number of halogens is 5. The van der Waals surface area contributed by atoms with E-state index in [1.165, 1.54) is 0 Å². The quantitative estimate of drug-likeness (QED) is 0.437. The van der Waals surface area contributed by atoms with E-state index in [9.17, 15) is 13.2 Å². The second-order valence-corrected chi connectivity index (χ2v) is 3.41. The monoisotopic (exact) mass is 217 g/mol. The normalized spacial score (nSPS) is 30.2. The summed E-state index contributed by atoms with van der Waals surface area (Å²) in [5.41, 5.74) is 0. The lowest BCUT2D eigenvalue weighted by Crippen LogP contribution is -2.41. The highest BCUT2D eigenvalue weighted by Crippen LogP contribution is 2.40. The Kier molecular flexibility index (Phi) is 2.40. The van der Waals surface area contributed by atoms with Gasteiger partial charge in [0.15, 0.2) is 4.87 Å². The van der Waals surface area contributed by atoms with Gasteiger partial charge in [-0.05, 0) is 6.08 Å². The molecule has 68 valence electrons. The number of rotatable bonds is 0. The molecule has 0 aromatic heterocycles. The van der Waals surface area contributed by atoms with Crippen molar-refractivity contribution >= 4 is 29.4 Å². The van der Waals surface area contributed by atoms with Crippen LogP contribution in [0.2, 0.25) is 0 Å². The summed E-state index contributed by atoms with van der Waals surface area (Å²) in [6, 6.07) is 0. The zero-order valence-electron chi connectivity index (χ0n) is 5.70. The van der Waals surface area contributed by atoms with Gasteiger partial charge in [-0.1, -0.05) is 11.6 Å². The van der Waals surface area contributed by atoms with Gasteiger partial charge in [-0.2, -0.15) is 13.2 Å². The predicted molar refractivity (Wildman–Crippen MR) is 41.7 cm³/mol. The SMILES string of the molecule is FC(F)(F)C1(Cl)C=NC(Cl)=CC1. The Bertz CT molecular complexity index is 246. The Hall–Kier alpha value is -0.220. The fourth-order valence-corrected chi connectivity index (χ4v) is 0.943. The maximum atomic E-state index is 12.2. The van der Waals surface area contributed by atoms with Crippen molar-refractivity contribution in [2.45, 2.75) is 17.5 Å². The molecule has 0 aliphatic carbocycles. The fourth-order valence-electron chi connectivity index (χ4n) is 0.691. The summed E-state index contributed by atoms with van der Waals surface area (Å²) in [5, 5.41) is 0.0375. The van der Waals surface area contributed by atoms with Gasteiger partial charge in [0.1, 0.15) is 5.16 Å². The van der Waals surface area contributed by atoms with Crippen molar-refractivity contribution in [1.82, 2.24) is 0 Å². The first-order valence-corrected chi connectivity index (χ1v) is 3.77. The maximum absolute atomic E-state index is 12.2. The number of nitrogens with zero attached hydrogens (tertiary/aromatic N) is 1. The van der Waals surface area contributed by atoms with Gasteiger partial charge < -0.3 is 0 Å². The zero-order valence-corrected chi connectivity index (χ0v) is 7.21. The van der Waals surface area contributed by atoms with Crippen molar-refractivity contribution in [2.75, 3.05) is 0 Å². The molecule has 0 aromatic carbocycles. The first-order valence-electron chi connectivity index (χ1n) is 3.02. The average molecular weight is 218 g/mol. The first-order chi connectivity index (χ1) is 5.35. The molecule has 0 N–H and O–H groups in total. The van der Waals surface area contributed by atoms with Crippen molar-refractivity contribution in [3.05, 3.63) is 11.2 Å². The first kappa shape index (κ1) is 9.86. The summed E-state index contributed by atoms with van der Waals surface area (Å²) < 4.78 is 36.5. The molecule has 0 spiro atoms. The molecule has 1 aliphatic rings. The van der Waals surface area contributed by atoms with Crippen LogP contribution in [0.25, 0.3) is 0 Å². The molecule has 1 heterocycles. The third-order valence-corrected chi connectivity index (χ3v) is 2.15. The minimum absolute atomic E-state index is 0.0375. The van der Waals surface area contributed by atoms with E-state index in [1.54, 1.807) is 0 Å². The van der Waals surface area contributed by atoms with Crippen molar-refractivity contribution in [3.8, 4) is 0 Å². The number of hydrogen-bond acceptors (Lipinski definition) is 1. The lowest BCUT2D eigenvalue weighted by molar-refractivity contribution is -0.143. The van der Waals surface area contributed by atoms with Gasteiger partial charge in [-0.3, -0.25) is 0 Å². The molecule has 0 amide bonds. The van der Waals surface area contributed by atoms with E-state index < -0.39 is 11.1 Å². The Labute approximate surface area is 76.9 Å². The molecular formula is C6H4Cl2F3N. The third kappa shape index (κ3) is 1.75. The second-order valence-electron chi connectivity index (χ2n) is 2.35. The molecule has 0 fully saturated rings. The summed E-state index contributed by atoms with van der Waals surface area (Å²) in [6.07, 6.45) is -3.11. The fraction of sp³-hybridized carbons (Fsp3) is 0.500. The van der Waals surface area contributed by atoms with Gasteiger partial charge in [0.05, 0.1) is 0 Å². The summed E-state index contributed by atoms with van der Waals surface area (Å²) in [4.78, 5) is 0.916. The van der Waals surface area contributed by atoms with Gasteiger partial charge in [0, 0.05) is 12.6 Å². The highest BCUT2D eigenvalue weighted by Gasteiger charge is 2.52. The average Bonchev–Trinajstić information content (AvgIpc) is 1.93. The van der Waals surface area contributed by atoms with E-state index in [0.29, 0.717) is 6.21 Å². The Morgan fingerprint density at radius 1 is 1.50 bits per heavy atom. The summed E-state index contributed by atoms with van der Waals surface area (Å²) in [6.45, 7) is 0. The summed E-state index contributed by atoms with van der Waals surface area (Å²) >= 11 is 10.6. The van der Waals surface area contributed by atoms with Gasteiger partial charge >= 0.3 is 6.18 Å². The van der Waals surface area contributed by atoms with Crippen molar-refractivity contribution in [2.24, 2.45) is 4.99 Å². The Morgan fingerprint density at radius 2 is 2.08 bits per heavy atom. The number of allylic oxidation sites excluding steroid dienone is 1. The lowest BCUT2D eigenvalue weighted by Gasteiger charge is -2.25. The van der Waals surface area contributed by atoms with E-state index in [1.807, 2.05) is 0 Å². The largest absolute Gasteiger partial charge is 0.412 e. The molecule has 1 nitrogen and oxygen atoms in total. The second kappa shape index (κ2) is 2.92. The minimum atomic E-state index is -4.49. The minimum Gasteiger partial charge on any atom is -0.247 e. The molecule has 0 radical (unpaired) electrons. The zero-order chi connectivity index (χ0) is 9.41. The van der Waals surface area contributed by atoms with Crippen molar-refractivity contribution < 1.29 is 13.2 Å². The lowest BCUT2D eigenvalue weighted by atomic mass is 10.0. The van der Waals surface area contributed by atoms with Crippen LogP contribution in [0.5, 0.6) is 0 Å². The van der Waals surface area contributed by atoms with Crippen LogP contribution < -0.4 is 0 Å². The Balaban J connectivity index is 2.86. The van der Waals surface area contributed by atoms with Crippen LogP contribution in [0.3, 0.4) is 0 Å². The Morgan fingerprint density at radius 3 is 2.42 bits per heavy atom. The van der Waals surface area contributed by atoms with E-state index in [-0.39, 0.29) is 11.6 Å². The number of hydrogen-bond donors (Lipinski definition) is 0. The van der Waals surface area contributed by atoms with E-state index in [0.717, 1.165) is 6.08 Å².